The smallest absolute Gasteiger partial charge is 0.252 e. The van der Waals surface area contributed by atoms with E-state index in [2.05, 4.69) is 20.8 Å². The van der Waals surface area contributed by atoms with Crippen molar-refractivity contribution in [2.24, 2.45) is 0 Å². The van der Waals surface area contributed by atoms with Gasteiger partial charge in [0.05, 0.1) is 0 Å². The van der Waals surface area contributed by atoms with Crippen LogP contribution in [-0.2, 0) is 5.41 Å². The third-order valence-corrected chi connectivity index (χ3v) is 2.49. The van der Waals surface area contributed by atoms with Crippen LogP contribution in [0.2, 0.25) is 0 Å². The van der Waals surface area contributed by atoms with Crippen LogP contribution in [0.5, 0.6) is 0 Å². The number of benzene rings is 1. The predicted octanol–water partition coefficient (Wildman–Crippen LogP) is 3.67. The number of carbonyl (C=O) groups is 1. The topological polar surface area (TPSA) is 17.1 Å². The zero-order valence-electron chi connectivity index (χ0n) is 9.02. The molecule has 0 spiro atoms. The van der Waals surface area contributed by atoms with Gasteiger partial charge in [-0.2, -0.15) is 0 Å². The second-order valence-electron chi connectivity index (χ2n) is 4.55. The molecule has 1 aromatic carbocycles. The summed E-state index contributed by atoms with van der Waals surface area (Å²) in [6.45, 7) is 8.41. The van der Waals surface area contributed by atoms with Gasteiger partial charge in [0.1, 0.15) is 0 Å². The first-order valence-corrected chi connectivity index (χ1v) is 5.01. The molecule has 0 aliphatic rings. The lowest BCUT2D eigenvalue weighted by Crippen LogP contribution is -2.13. The van der Waals surface area contributed by atoms with Crippen LogP contribution in [0.25, 0.3) is 0 Å². The summed E-state index contributed by atoms with van der Waals surface area (Å²) in [7, 11) is 0. The van der Waals surface area contributed by atoms with Gasteiger partial charge in [-0.05, 0) is 47.2 Å². The van der Waals surface area contributed by atoms with E-state index in [9.17, 15) is 4.79 Å². The van der Waals surface area contributed by atoms with Crippen molar-refractivity contribution in [1.29, 1.82) is 0 Å². The standard InChI is InChI=1S/C12H15ClO/c1-8-5-6-9(11(13)14)7-10(8)12(2,3)4/h5-7H,1-4H3. The van der Waals surface area contributed by atoms with Crippen molar-refractivity contribution >= 4 is 16.8 Å². The second kappa shape index (κ2) is 3.74. The van der Waals surface area contributed by atoms with E-state index in [0.717, 1.165) is 0 Å². The Bertz CT molecular complexity index is 361. The Kier molecular flexibility index (Phi) is 3.01. The van der Waals surface area contributed by atoms with Crippen molar-refractivity contribution in [2.75, 3.05) is 0 Å². The van der Waals surface area contributed by atoms with Crippen molar-refractivity contribution in [3.63, 3.8) is 0 Å². The fraction of sp³-hybridized carbons (Fsp3) is 0.417. The summed E-state index contributed by atoms with van der Waals surface area (Å²) in [6, 6.07) is 5.58. The maximum Gasteiger partial charge on any atom is 0.252 e. The molecule has 2 heteroatoms. The van der Waals surface area contributed by atoms with Gasteiger partial charge < -0.3 is 0 Å². The molecule has 0 saturated heterocycles. The zero-order chi connectivity index (χ0) is 10.9. The molecule has 0 unspecified atom stereocenters. The summed E-state index contributed by atoms with van der Waals surface area (Å²) in [6.07, 6.45) is 0. The Balaban J connectivity index is 3.29. The van der Waals surface area contributed by atoms with Gasteiger partial charge in [-0.1, -0.05) is 26.8 Å². The molecule has 1 nitrogen and oxygen atoms in total. The molecule has 0 heterocycles. The quantitative estimate of drug-likeness (QED) is 0.647. The van der Waals surface area contributed by atoms with E-state index >= 15 is 0 Å². The highest BCUT2D eigenvalue weighted by atomic mass is 35.5. The summed E-state index contributed by atoms with van der Waals surface area (Å²) in [4.78, 5) is 11.0. The Morgan fingerprint density at radius 3 is 2.29 bits per heavy atom. The lowest BCUT2D eigenvalue weighted by atomic mass is 9.83. The first kappa shape index (κ1) is 11.3. The molecule has 1 rings (SSSR count). The number of aryl methyl sites for hydroxylation is 1. The fourth-order valence-corrected chi connectivity index (χ4v) is 1.67. The molecule has 0 aliphatic carbocycles. The van der Waals surface area contributed by atoms with Crippen LogP contribution in [0.4, 0.5) is 0 Å². The fourth-order valence-electron chi connectivity index (χ4n) is 1.55. The summed E-state index contributed by atoms with van der Waals surface area (Å²) in [5.74, 6) is 0. The monoisotopic (exact) mass is 210 g/mol. The van der Waals surface area contributed by atoms with Gasteiger partial charge in [0.25, 0.3) is 5.24 Å². The molecular formula is C12H15ClO. The van der Waals surface area contributed by atoms with Crippen molar-refractivity contribution in [1.82, 2.24) is 0 Å². The van der Waals surface area contributed by atoms with Crippen LogP contribution in [0.3, 0.4) is 0 Å². The third kappa shape index (κ3) is 2.36. The van der Waals surface area contributed by atoms with Gasteiger partial charge in [-0.3, -0.25) is 4.79 Å². The second-order valence-corrected chi connectivity index (χ2v) is 4.90. The van der Waals surface area contributed by atoms with Crippen LogP contribution in [0.15, 0.2) is 18.2 Å². The van der Waals surface area contributed by atoms with E-state index in [0.29, 0.717) is 5.56 Å². The molecule has 0 atom stereocenters. The van der Waals surface area contributed by atoms with Crippen LogP contribution >= 0.6 is 11.6 Å². The highest BCUT2D eigenvalue weighted by Gasteiger charge is 2.17. The summed E-state index contributed by atoms with van der Waals surface area (Å²) in [5.41, 5.74) is 2.98. The maximum atomic E-state index is 11.0. The van der Waals surface area contributed by atoms with E-state index in [4.69, 9.17) is 11.6 Å². The first-order valence-electron chi connectivity index (χ1n) is 4.63. The maximum absolute atomic E-state index is 11.0. The molecule has 0 aliphatic heterocycles. The Morgan fingerprint density at radius 2 is 1.86 bits per heavy atom. The Labute approximate surface area is 90.1 Å². The van der Waals surface area contributed by atoms with Gasteiger partial charge in [0, 0.05) is 5.56 Å². The average Bonchev–Trinajstić information content (AvgIpc) is 2.02. The Hall–Kier alpha value is -0.820. The summed E-state index contributed by atoms with van der Waals surface area (Å²) >= 11 is 5.44. The van der Waals surface area contributed by atoms with Crippen LogP contribution in [0.1, 0.15) is 42.3 Å². The molecule has 0 fully saturated rings. The molecule has 0 aromatic heterocycles. The molecule has 1 aromatic rings. The number of rotatable bonds is 1. The van der Waals surface area contributed by atoms with Gasteiger partial charge in [0.2, 0.25) is 0 Å². The largest absolute Gasteiger partial charge is 0.276 e. The normalized spacial score (nSPS) is 11.5. The van der Waals surface area contributed by atoms with Crippen LogP contribution < -0.4 is 0 Å². The molecule has 14 heavy (non-hydrogen) atoms. The Morgan fingerprint density at radius 1 is 1.29 bits per heavy atom. The van der Waals surface area contributed by atoms with E-state index in [1.807, 2.05) is 19.1 Å². The van der Waals surface area contributed by atoms with E-state index < -0.39 is 5.24 Å². The van der Waals surface area contributed by atoms with E-state index in [-0.39, 0.29) is 5.41 Å². The third-order valence-electron chi connectivity index (χ3n) is 2.27. The van der Waals surface area contributed by atoms with Gasteiger partial charge in [0.15, 0.2) is 0 Å². The molecule has 0 N–H and O–H groups in total. The minimum Gasteiger partial charge on any atom is -0.276 e. The van der Waals surface area contributed by atoms with Crippen molar-refractivity contribution < 1.29 is 4.79 Å². The minimum absolute atomic E-state index is 0.0480. The molecular weight excluding hydrogens is 196 g/mol. The van der Waals surface area contributed by atoms with Gasteiger partial charge >= 0.3 is 0 Å². The van der Waals surface area contributed by atoms with E-state index in [1.165, 1.54) is 11.1 Å². The number of halogens is 1. The molecule has 0 amide bonds. The zero-order valence-corrected chi connectivity index (χ0v) is 9.77. The lowest BCUT2D eigenvalue weighted by molar-refractivity contribution is 0.108. The van der Waals surface area contributed by atoms with Gasteiger partial charge in [-0.15, -0.1) is 0 Å². The number of hydrogen-bond acceptors (Lipinski definition) is 1. The van der Waals surface area contributed by atoms with Crippen molar-refractivity contribution in [3.05, 3.63) is 34.9 Å². The SMILES string of the molecule is Cc1ccc(C(=O)Cl)cc1C(C)(C)C. The van der Waals surface area contributed by atoms with E-state index in [1.54, 1.807) is 6.07 Å². The predicted molar refractivity (Wildman–Crippen MR) is 60.1 cm³/mol. The molecule has 0 radical (unpaired) electrons. The van der Waals surface area contributed by atoms with Gasteiger partial charge in [-0.25, -0.2) is 0 Å². The number of hydrogen-bond donors (Lipinski definition) is 0. The van der Waals surface area contributed by atoms with Crippen LogP contribution in [0, 0.1) is 6.92 Å². The lowest BCUT2D eigenvalue weighted by Gasteiger charge is -2.22. The minimum atomic E-state index is -0.393. The van der Waals surface area contributed by atoms with Crippen LogP contribution in [-0.4, -0.2) is 5.24 Å². The molecule has 76 valence electrons. The molecule has 0 saturated carbocycles. The summed E-state index contributed by atoms with van der Waals surface area (Å²) < 4.78 is 0. The summed E-state index contributed by atoms with van der Waals surface area (Å²) in [5, 5.41) is -0.393. The molecule has 0 bridgehead atoms. The average molecular weight is 211 g/mol. The highest BCUT2D eigenvalue weighted by molar-refractivity contribution is 6.67. The highest BCUT2D eigenvalue weighted by Crippen LogP contribution is 2.26. The first-order chi connectivity index (χ1) is 6.32. The van der Waals surface area contributed by atoms with Crippen molar-refractivity contribution in [2.45, 2.75) is 33.1 Å². The van der Waals surface area contributed by atoms with Crippen molar-refractivity contribution in [3.8, 4) is 0 Å². The number of carbonyl (C=O) groups excluding carboxylic acids is 1.